The highest BCUT2D eigenvalue weighted by molar-refractivity contribution is 9.11. The molecule has 0 amide bonds. The second-order valence-electron chi connectivity index (χ2n) is 3.48. The maximum absolute atomic E-state index is 5.90. The Hall–Kier alpha value is 0.470. The van der Waals surface area contributed by atoms with Gasteiger partial charge in [0.05, 0.1) is 8.81 Å². The van der Waals surface area contributed by atoms with Crippen LogP contribution in [0.15, 0.2) is 9.85 Å². The van der Waals surface area contributed by atoms with Gasteiger partial charge in [0.25, 0.3) is 0 Å². The van der Waals surface area contributed by atoms with Crippen molar-refractivity contribution in [3.8, 4) is 0 Å². The van der Waals surface area contributed by atoms with E-state index < -0.39 is 0 Å². The summed E-state index contributed by atoms with van der Waals surface area (Å²) in [5.41, 5.74) is 0.209. The van der Waals surface area contributed by atoms with E-state index in [-0.39, 0.29) is 5.41 Å². The molecule has 0 bridgehead atoms. The Morgan fingerprint density at radius 3 is 2.18 bits per heavy atom. The average Bonchev–Trinajstić information content (AvgIpc) is 2.11. The zero-order valence-corrected chi connectivity index (χ0v) is 9.90. The van der Waals surface area contributed by atoms with Crippen LogP contribution < -0.4 is 0 Å². The molecule has 0 saturated heterocycles. The first-order valence-electron chi connectivity index (χ1n) is 3.36. The summed E-state index contributed by atoms with van der Waals surface area (Å²) in [5.74, 6) is 0. The minimum atomic E-state index is 0.209. The van der Waals surface area contributed by atoms with E-state index in [1.54, 1.807) is 11.3 Å². The number of halogens is 2. The molecule has 0 aliphatic heterocycles. The van der Waals surface area contributed by atoms with Gasteiger partial charge >= 0.3 is 0 Å². The summed E-state index contributed by atoms with van der Waals surface area (Å²) in [6.07, 6.45) is 0. The van der Waals surface area contributed by atoms with Crippen molar-refractivity contribution in [3.05, 3.63) is 19.8 Å². The molecular formula is C8H10BrClS. The molecule has 0 unspecified atom stereocenters. The first kappa shape index (κ1) is 9.56. The van der Waals surface area contributed by atoms with Gasteiger partial charge in [-0.2, -0.15) is 0 Å². The van der Waals surface area contributed by atoms with Crippen LogP contribution in [-0.4, -0.2) is 0 Å². The molecular weight excluding hydrogens is 244 g/mol. The zero-order valence-electron chi connectivity index (χ0n) is 6.74. The molecule has 0 fully saturated rings. The molecule has 0 atom stereocenters. The van der Waals surface area contributed by atoms with Gasteiger partial charge < -0.3 is 0 Å². The van der Waals surface area contributed by atoms with Gasteiger partial charge in [0.2, 0.25) is 0 Å². The van der Waals surface area contributed by atoms with Gasteiger partial charge in [-0.3, -0.25) is 0 Å². The lowest BCUT2D eigenvalue weighted by Crippen LogP contribution is -2.07. The van der Waals surface area contributed by atoms with Crippen LogP contribution in [0.2, 0.25) is 5.02 Å². The van der Waals surface area contributed by atoms with Crippen molar-refractivity contribution in [2.75, 3.05) is 0 Å². The molecule has 62 valence electrons. The van der Waals surface area contributed by atoms with Crippen LogP contribution in [0.1, 0.15) is 25.6 Å². The third-order valence-corrected chi connectivity index (χ3v) is 4.28. The van der Waals surface area contributed by atoms with Gasteiger partial charge in [-0.1, -0.05) is 32.4 Å². The van der Waals surface area contributed by atoms with Crippen LogP contribution in [0, 0.1) is 0 Å². The van der Waals surface area contributed by atoms with Gasteiger partial charge in [0.15, 0.2) is 0 Å². The van der Waals surface area contributed by atoms with Crippen molar-refractivity contribution < 1.29 is 0 Å². The van der Waals surface area contributed by atoms with Crippen molar-refractivity contribution in [1.29, 1.82) is 0 Å². The van der Waals surface area contributed by atoms with E-state index >= 15 is 0 Å². The second-order valence-corrected chi connectivity index (χ2v) is 6.26. The molecule has 1 heterocycles. The third kappa shape index (κ3) is 2.20. The number of hydrogen-bond donors (Lipinski definition) is 0. The molecule has 11 heavy (non-hydrogen) atoms. The lowest BCUT2D eigenvalue weighted by atomic mass is 9.95. The molecule has 0 nitrogen and oxygen atoms in total. The van der Waals surface area contributed by atoms with E-state index in [0.717, 1.165) is 8.81 Å². The highest BCUT2D eigenvalue weighted by atomic mass is 79.9. The van der Waals surface area contributed by atoms with Gasteiger partial charge in [0, 0.05) is 4.88 Å². The summed E-state index contributed by atoms with van der Waals surface area (Å²) in [6, 6.07) is 2.02. The van der Waals surface area contributed by atoms with Crippen molar-refractivity contribution in [2.45, 2.75) is 26.2 Å². The SMILES string of the molecule is CC(C)(C)c1cc(Cl)c(Br)s1. The molecule has 3 heteroatoms. The Morgan fingerprint density at radius 1 is 1.45 bits per heavy atom. The van der Waals surface area contributed by atoms with Crippen molar-refractivity contribution in [1.82, 2.24) is 0 Å². The standard InChI is InChI=1S/C8H10BrClS/c1-8(2,3)6-4-5(10)7(9)11-6/h4H,1-3H3. The molecule has 1 aromatic rings. The first-order valence-corrected chi connectivity index (χ1v) is 5.35. The monoisotopic (exact) mass is 252 g/mol. The van der Waals surface area contributed by atoms with E-state index in [1.165, 1.54) is 4.88 Å². The number of thiophene rings is 1. The molecule has 0 aromatic carbocycles. The van der Waals surface area contributed by atoms with E-state index in [0.29, 0.717) is 0 Å². The maximum Gasteiger partial charge on any atom is 0.0887 e. The van der Waals surface area contributed by atoms with Crippen molar-refractivity contribution in [2.24, 2.45) is 0 Å². The third-order valence-electron chi connectivity index (χ3n) is 1.38. The van der Waals surface area contributed by atoms with E-state index in [1.807, 2.05) is 6.07 Å². The van der Waals surface area contributed by atoms with Gasteiger partial charge in [-0.25, -0.2) is 0 Å². The summed E-state index contributed by atoms with van der Waals surface area (Å²) in [5, 5.41) is 0.819. The predicted octanol–water partition coefficient (Wildman–Crippen LogP) is 4.46. The topological polar surface area (TPSA) is 0 Å². The second kappa shape index (κ2) is 3.08. The number of rotatable bonds is 0. The van der Waals surface area contributed by atoms with Crippen LogP contribution in [0.4, 0.5) is 0 Å². The average molecular weight is 254 g/mol. The Kier molecular flexibility index (Phi) is 2.67. The lowest BCUT2D eigenvalue weighted by Gasteiger charge is -2.14. The van der Waals surface area contributed by atoms with Gasteiger partial charge in [-0.15, -0.1) is 11.3 Å². The lowest BCUT2D eigenvalue weighted by molar-refractivity contribution is 0.604. The van der Waals surface area contributed by atoms with E-state index in [9.17, 15) is 0 Å². The summed E-state index contributed by atoms with van der Waals surface area (Å²) in [7, 11) is 0. The summed E-state index contributed by atoms with van der Waals surface area (Å²) >= 11 is 11.0. The Morgan fingerprint density at radius 2 is 2.00 bits per heavy atom. The van der Waals surface area contributed by atoms with Crippen LogP contribution >= 0.6 is 38.9 Å². The maximum atomic E-state index is 5.90. The Bertz CT molecular complexity index is 240. The molecule has 0 aliphatic rings. The van der Waals surface area contributed by atoms with Gasteiger partial charge in [0.1, 0.15) is 0 Å². The molecule has 0 saturated carbocycles. The van der Waals surface area contributed by atoms with E-state index in [2.05, 4.69) is 36.7 Å². The fraction of sp³-hybridized carbons (Fsp3) is 0.500. The fourth-order valence-corrected chi connectivity index (χ4v) is 2.48. The van der Waals surface area contributed by atoms with Gasteiger partial charge in [-0.05, 0) is 27.4 Å². The quantitative estimate of drug-likeness (QED) is 0.640. The van der Waals surface area contributed by atoms with Crippen molar-refractivity contribution >= 4 is 38.9 Å². The molecule has 0 N–H and O–H groups in total. The summed E-state index contributed by atoms with van der Waals surface area (Å²) in [6.45, 7) is 6.55. The minimum absolute atomic E-state index is 0.209. The largest absolute Gasteiger partial charge is 0.131 e. The Balaban J connectivity index is 3.08. The van der Waals surface area contributed by atoms with Crippen LogP contribution in [0.3, 0.4) is 0 Å². The predicted molar refractivity (Wildman–Crippen MR) is 55.7 cm³/mol. The molecule has 0 aliphatic carbocycles. The van der Waals surface area contributed by atoms with Crippen LogP contribution in [0.25, 0.3) is 0 Å². The highest BCUT2D eigenvalue weighted by Crippen LogP contribution is 2.37. The smallest absolute Gasteiger partial charge is 0.0887 e. The molecule has 1 aromatic heterocycles. The number of hydrogen-bond acceptors (Lipinski definition) is 1. The fourth-order valence-electron chi connectivity index (χ4n) is 0.716. The first-order chi connectivity index (χ1) is 4.91. The highest BCUT2D eigenvalue weighted by Gasteiger charge is 2.17. The summed E-state index contributed by atoms with van der Waals surface area (Å²) < 4.78 is 1.03. The van der Waals surface area contributed by atoms with Crippen LogP contribution in [0.5, 0.6) is 0 Å². The van der Waals surface area contributed by atoms with Crippen LogP contribution in [-0.2, 0) is 5.41 Å². The Labute approximate surface area is 84.7 Å². The molecule has 0 radical (unpaired) electrons. The molecule has 0 spiro atoms. The normalized spacial score (nSPS) is 12.1. The molecule has 1 rings (SSSR count). The summed E-state index contributed by atoms with van der Waals surface area (Å²) in [4.78, 5) is 1.31. The van der Waals surface area contributed by atoms with Crippen molar-refractivity contribution in [3.63, 3.8) is 0 Å². The zero-order chi connectivity index (χ0) is 8.65. The minimum Gasteiger partial charge on any atom is -0.131 e. The van der Waals surface area contributed by atoms with E-state index in [4.69, 9.17) is 11.6 Å².